The van der Waals surface area contributed by atoms with E-state index in [1.807, 2.05) is 0 Å². The summed E-state index contributed by atoms with van der Waals surface area (Å²) in [7, 11) is -4.25. The van der Waals surface area contributed by atoms with Gasteiger partial charge in [0.05, 0.1) is 4.90 Å². The minimum Gasteiger partial charge on any atom is -0.744 e. The number of nitrogens with one attached hydrogen (secondary N) is 1. The maximum Gasteiger partial charge on any atom is 1.00 e. The zero-order valence-corrected chi connectivity index (χ0v) is 14.8. The van der Waals surface area contributed by atoms with Crippen LogP contribution in [0.1, 0.15) is 12.0 Å². The van der Waals surface area contributed by atoms with Crippen LogP contribution in [0.15, 0.2) is 59.5 Å². The first-order chi connectivity index (χ1) is 9.57. The molecule has 1 N–H and O–H groups in total. The normalized spacial score (nSPS) is 12.8. The van der Waals surface area contributed by atoms with Gasteiger partial charge in [-0.05, 0) is 36.6 Å². The van der Waals surface area contributed by atoms with E-state index in [0.29, 0.717) is 0 Å². The van der Waals surface area contributed by atoms with Crippen LogP contribution in [0.4, 0.5) is 5.69 Å². The molecule has 2 aromatic carbocycles. The molecule has 0 saturated heterocycles. The summed E-state index contributed by atoms with van der Waals surface area (Å²) in [4.78, 5) is -0.185. The van der Waals surface area contributed by atoms with Crippen LogP contribution in [0.5, 0.6) is 0 Å². The van der Waals surface area contributed by atoms with Gasteiger partial charge in [0, 0.05) is 12.2 Å². The Balaban J connectivity index is 0.000000200. The predicted octanol–water partition coefficient (Wildman–Crippen LogP) is -0.361. The van der Waals surface area contributed by atoms with E-state index in [-0.39, 0.29) is 34.5 Å². The molecule has 4 nitrogen and oxygen atoms in total. The van der Waals surface area contributed by atoms with Crippen LogP contribution in [0.25, 0.3) is 0 Å². The largest absolute Gasteiger partial charge is 1.00 e. The Hall–Kier alpha value is -0.850. The van der Waals surface area contributed by atoms with E-state index in [0.717, 1.165) is 6.54 Å². The average Bonchev–Trinajstić information content (AvgIpc) is 2.48. The molecular weight excluding hydrogens is 297 g/mol. The quantitative estimate of drug-likeness (QED) is 0.577. The van der Waals surface area contributed by atoms with Gasteiger partial charge in [-0.1, -0.05) is 36.4 Å². The van der Waals surface area contributed by atoms with Crippen LogP contribution in [0, 0.1) is 0 Å². The molecule has 0 spiro atoms. The summed E-state index contributed by atoms with van der Waals surface area (Å²) >= 11 is 0. The maximum atomic E-state index is 10.3. The van der Waals surface area contributed by atoms with Crippen molar-refractivity contribution in [2.45, 2.75) is 17.7 Å². The minimum absolute atomic E-state index is 0. The summed E-state index contributed by atoms with van der Waals surface area (Å²) in [5.74, 6) is 0. The third-order valence-corrected chi connectivity index (χ3v) is 3.84. The number of benzene rings is 2. The standard InChI is InChI=1S/C9H11N.C6H6O3S.Na/c1-2-6-9-8(4-1)5-3-7-10-9;7-10(8,9)6-4-2-1-3-5-6;/h1-2,4,6,10H,3,5,7H2;1-5H,(H,7,8,9);/q;;+1/p-1. The molecule has 106 valence electrons. The molecule has 0 bridgehead atoms. The number of aryl methyl sites for hydroxylation is 1. The average molecular weight is 313 g/mol. The fourth-order valence-corrected chi connectivity index (χ4v) is 2.49. The summed E-state index contributed by atoms with van der Waals surface area (Å²) in [5.41, 5.74) is 2.79. The first-order valence-electron chi connectivity index (χ1n) is 6.40. The van der Waals surface area contributed by atoms with Crippen LogP contribution < -0.4 is 34.9 Å². The SMILES string of the molecule is O=S(=O)([O-])c1ccccc1.[Na+].c1ccc2c(c1)CCCN2. The molecule has 0 fully saturated rings. The fourth-order valence-electron chi connectivity index (χ4n) is 2.00. The minimum atomic E-state index is -4.25. The van der Waals surface area contributed by atoms with Crippen LogP contribution in [-0.2, 0) is 16.5 Å². The van der Waals surface area contributed by atoms with E-state index in [9.17, 15) is 13.0 Å². The van der Waals surface area contributed by atoms with Crippen molar-refractivity contribution in [3.8, 4) is 0 Å². The van der Waals surface area contributed by atoms with Gasteiger partial charge >= 0.3 is 29.6 Å². The second kappa shape index (κ2) is 8.56. The van der Waals surface area contributed by atoms with E-state index >= 15 is 0 Å². The van der Waals surface area contributed by atoms with Gasteiger partial charge in [0.25, 0.3) is 0 Å². The molecule has 1 heterocycles. The van der Waals surface area contributed by atoms with E-state index in [1.54, 1.807) is 6.07 Å². The molecule has 0 amide bonds. The van der Waals surface area contributed by atoms with Gasteiger partial charge in [-0.25, -0.2) is 8.42 Å². The summed E-state index contributed by atoms with van der Waals surface area (Å²) in [5, 5.41) is 3.36. The molecule has 0 unspecified atom stereocenters. The first-order valence-corrected chi connectivity index (χ1v) is 7.81. The Morgan fingerprint density at radius 3 is 2.14 bits per heavy atom. The van der Waals surface area contributed by atoms with Gasteiger partial charge in [-0.2, -0.15) is 0 Å². The van der Waals surface area contributed by atoms with E-state index < -0.39 is 10.1 Å². The van der Waals surface area contributed by atoms with E-state index in [1.165, 1.54) is 48.4 Å². The Kier molecular flexibility index (Phi) is 7.42. The topological polar surface area (TPSA) is 69.2 Å². The second-order valence-electron chi connectivity index (χ2n) is 4.45. The van der Waals surface area contributed by atoms with Crippen LogP contribution in [0.2, 0.25) is 0 Å². The molecular formula is C15H16NNaO3S. The van der Waals surface area contributed by atoms with Gasteiger partial charge in [0.15, 0.2) is 0 Å². The van der Waals surface area contributed by atoms with Crippen molar-refractivity contribution in [2.75, 3.05) is 11.9 Å². The molecule has 1 aliphatic rings. The Morgan fingerprint density at radius 1 is 0.952 bits per heavy atom. The molecule has 0 saturated carbocycles. The molecule has 2 aromatic rings. The molecule has 0 aromatic heterocycles. The molecule has 3 rings (SSSR count). The molecule has 6 heteroatoms. The number of anilines is 1. The smallest absolute Gasteiger partial charge is 0.744 e. The monoisotopic (exact) mass is 313 g/mol. The van der Waals surface area contributed by atoms with Crippen molar-refractivity contribution in [1.29, 1.82) is 0 Å². The number of hydrogen-bond acceptors (Lipinski definition) is 4. The van der Waals surface area contributed by atoms with Gasteiger partial charge < -0.3 is 9.87 Å². The Morgan fingerprint density at radius 2 is 1.57 bits per heavy atom. The van der Waals surface area contributed by atoms with Crippen molar-refractivity contribution in [3.63, 3.8) is 0 Å². The van der Waals surface area contributed by atoms with Gasteiger partial charge in [-0.3, -0.25) is 0 Å². The number of para-hydroxylation sites is 1. The van der Waals surface area contributed by atoms with Crippen molar-refractivity contribution < 1.29 is 42.5 Å². The maximum absolute atomic E-state index is 10.3. The Bertz CT molecular complexity index is 635. The molecule has 1 aliphatic heterocycles. The molecule has 0 atom stereocenters. The van der Waals surface area contributed by atoms with Crippen molar-refractivity contribution >= 4 is 15.8 Å². The summed E-state index contributed by atoms with van der Waals surface area (Å²) in [6.45, 7) is 1.14. The third-order valence-electron chi connectivity index (χ3n) is 2.99. The zero-order valence-electron chi connectivity index (χ0n) is 12.0. The van der Waals surface area contributed by atoms with Crippen molar-refractivity contribution in [1.82, 2.24) is 0 Å². The third kappa shape index (κ3) is 5.80. The number of fused-ring (bicyclic) bond motifs is 1. The molecule has 0 aliphatic carbocycles. The van der Waals surface area contributed by atoms with Crippen LogP contribution in [0.3, 0.4) is 0 Å². The second-order valence-corrected chi connectivity index (χ2v) is 5.83. The summed E-state index contributed by atoms with van der Waals surface area (Å²) in [6.07, 6.45) is 2.51. The fraction of sp³-hybridized carbons (Fsp3) is 0.200. The number of rotatable bonds is 1. The van der Waals surface area contributed by atoms with E-state index in [4.69, 9.17) is 0 Å². The van der Waals surface area contributed by atoms with Crippen LogP contribution >= 0.6 is 0 Å². The Labute approximate surface area is 147 Å². The van der Waals surface area contributed by atoms with Gasteiger partial charge in [0.2, 0.25) is 0 Å². The first kappa shape index (κ1) is 18.2. The van der Waals surface area contributed by atoms with Crippen LogP contribution in [-0.4, -0.2) is 19.5 Å². The van der Waals surface area contributed by atoms with Gasteiger partial charge in [0.1, 0.15) is 10.1 Å². The van der Waals surface area contributed by atoms with E-state index in [2.05, 4.69) is 29.6 Å². The summed E-state index contributed by atoms with van der Waals surface area (Å²) < 4.78 is 30.8. The summed E-state index contributed by atoms with van der Waals surface area (Å²) in [6, 6.07) is 15.7. The zero-order chi connectivity index (χ0) is 14.4. The number of hydrogen-bond donors (Lipinski definition) is 1. The van der Waals surface area contributed by atoms with Crippen molar-refractivity contribution in [2.24, 2.45) is 0 Å². The molecule has 21 heavy (non-hydrogen) atoms. The van der Waals surface area contributed by atoms with Gasteiger partial charge in [-0.15, -0.1) is 0 Å². The predicted molar refractivity (Wildman–Crippen MR) is 77.7 cm³/mol. The van der Waals surface area contributed by atoms with Crippen molar-refractivity contribution in [3.05, 3.63) is 60.2 Å². The molecule has 0 radical (unpaired) electrons.